The number of hydrogen-bond acceptors (Lipinski definition) is 3. The summed E-state index contributed by atoms with van der Waals surface area (Å²) in [4.78, 5) is 0. The predicted molar refractivity (Wildman–Crippen MR) is 563 cm³/mol. The molecule has 0 N–H and O–H groups in total. The van der Waals surface area contributed by atoms with Crippen LogP contribution in [0.2, 0.25) is 0 Å². The normalized spacial score (nSPS) is 13.2. The summed E-state index contributed by atoms with van der Waals surface area (Å²) in [5.41, 5.74) is 24.6. The summed E-state index contributed by atoms with van der Waals surface area (Å²) < 4.78 is 147. The molecule has 3 nitrogen and oxygen atoms in total. The van der Waals surface area contributed by atoms with E-state index in [4.69, 9.17) is 33.8 Å². The molecule has 24 aromatic carbocycles. The van der Waals surface area contributed by atoms with Crippen LogP contribution in [0.3, 0.4) is 0 Å². The minimum absolute atomic E-state index is 0.203. The van der Waals surface area contributed by atoms with E-state index in [1.165, 1.54) is 10.8 Å². The molecule has 0 spiro atoms. The maximum atomic E-state index is 8.89. The molecule has 3 heterocycles. The predicted octanol–water partition coefficient (Wildman–Crippen LogP) is 37.2. The highest BCUT2D eigenvalue weighted by molar-refractivity contribution is 6.27. The molecule has 3 heteroatoms. The number of rotatable bonds is 11. The van der Waals surface area contributed by atoms with Crippen molar-refractivity contribution in [3.63, 3.8) is 0 Å². The second kappa shape index (κ2) is 33.0. The number of para-hydroxylation sites is 3. The van der Waals surface area contributed by atoms with Gasteiger partial charge in [-0.05, 0) is 235 Å². The lowest BCUT2D eigenvalue weighted by molar-refractivity contribution is 0.668. The van der Waals surface area contributed by atoms with Crippen LogP contribution in [-0.2, 0) is 0 Å². The molecule has 0 aliphatic rings. The van der Waals surface area contributed by atoms with Crippen LogP contribution in [0.4, 0.5) is 0 Å². The van der Waals surface area contributed by atoms with Crippen molar-refractivity contribution in [3.05, 3.63) is 497 Å². The lowest BCUT2D eigenvalue weighted by atomic mass is 9.84. The van der Waals surface area contributed by atoms with Crippen LogP contribution >= 0.6 is 0 Å². The van der Waals surface area contributed by atoms with E-state index in [-0.39, 0.29) is 89.2 Å². The zero-order chi connectivity index (χ0) is 101. The molecule has 0 atom stereocenters. The van der Waals surface area contributed by atoms with Crippen molar-refractivity contribution in [3.8, 4) is 122 Å². The van der Waals surface area contributed by atoms with Gasteiger partial charge in [0.05, 0.1) is 20.6 Å². The fourth-order valence-corrected chi connectivity index (χ4v) is 20.5. The minimum atomic E-state index is -0.402. The Balaban J connectivity index is 0.000000116. The monoisotopic (exact) mass is 1710 g/mol. The average Bonchev–Trinajstić information content (AvgIpc) is 1.24. The molecule has 620 valence electrons. The molecule has 3 aromatic heterocycles. The lowest BCUT2D eigenvalue weighted by Crippen LogP contribution is -1.92. The van der Waals surface area contributed by atoms with Crippen molar-refractivity contribution in [1.82, 2.24) is 0 Å². The topological polar surface area (TPSA) is 39.4 Å². The fraction of sp³-hybridized carbons (Fsp3) is 0. The highest BCUT2D eigenvalue weighted by Gasteiger charge is 2.26. The third kappa shape index (κ3) is 13.4. The highest BCUT2D eigenvalue weighted by Crippen LogP contribution is 2.53. The maximum Gasteiger partial charge on any atom is 0.136 e. The second-order valence-corrected chi connectivity index (χ2v) is 33.4. The first-order chi connectivity index (χ1) is 72.3. The van der Waals surface area contributed by atoms with Gasteiger partial charge in [0.2, 0.25) is 0 Å². The van der Waals surface area contributed by atoms with Gasteiger partial charge in [0.1, 0.15) is 33.5 Å². The molecule has 0 radical (unpaired) electrons. The fourth-order valence-electron chi connectivity index (χ4n) is 20.5. The van der Waals surface area contributed by atoms with Gasteiger partial charge in [-0.15, -0.1) is 0 Å². The molecular formula is C130H82O3. The maximum absolute atomic E-state index is 8.89. The molecule has 27 rings (SSSR count). The Morgan fingerprint density at radius 3 is 0.827 bits per heavy atom. The summed E-state index contributed by atoms with van der Waals surface area (Å²) in [7, 11) is 0. The van der Waals surface area contributed by atoms with Crippen molar-refractivity contribution >= 4 is 141 Å². The second-order valence-electron chi connectivity index (χ2n) is 33.4. The number of hydrogen-bond donors (Lipinski definition) is 0. The third-order valence-electron chi connectivity index (χ3n) is 26.1. The van der Waals surface area contributed by atoms with Crippen molar-refractivity contribution in [2.24, 2.45) is 0 Å². The zero-order valence-corrected chi connectivity index (χ0v) is 71.4. The van der Waals surface area contributed by atoms with Gasteiger partial charge in [0.15, 0.2) is 0 Å². The molecule has 0 saturated carbocycles. The summed E-state index contributed by atoms with van der Waals surface area (Å²) in [6, 6.07) is 133. The molecule has 0 bridgehead atoms. The lowest BCUT2D eigenvalue weighted by Gasteiger charge is -2.19. The molecule has 0 unspecified atom stereocenters. The van der Waals surface area contributed by atoms with Crippen LogP contribution in [0.1, 0.15) is 20.6 Å². The molecule has 27 aromatic rings. The summed E-state index contributed by atoms with van der Waals surface area (Å²) in [6.45, 7) is 0. The number of fused-ring (bicyclic) bond motifs is 16. The SMILES string of the molecule is [2H]c1c([2H])c([2H])c(-c2c3ccccc3c(-c3ccc(-c4ccc5oc6ccccc6c5c4-c4cccc5ccccc45)cc3)c3ccccc23)c([2H])c1[2H].[2H]c1c([2H])c([2H])c(-c2c3ccccc3c(-c3cccc(-c4c(-c5ccccc5)ccc5oc6ccccc6c45)c3)c3ccccc23)c([2H])c1[2H].[2H]c1c([2H])c([2H])c(-c2c3ccccc3c(-c3cccc(-c4cccc5oc6ccccc6c45)c3)c3ccccc23)c([2H])c1[2H]. The third-order valence-corrected chi connectivity index (χ3v) is 26.1. The van der Waals surface area contributed by atoms with Crippen LogP contribution in [0.5, 0.6) is 0 Å². The van der Waals surface area contributed by atoms with E-state index in [1.807, 2.05) is 188 Å². The van der Waals surface area contributed by atoms with Gasteiger partial charge in [0.25, 0.3) is 0 Å². The van der Waals surface area contributed by atoms with Crippen LogP contribution in [0, 0.1) is 0 Å². The van der Waals surface area contributed by atoms with Crippen molar-refractivity contribution in [2.45, 2.75) is 0 Å². The van der Waals surface area contributed by atoms with E-state index < -0.39 is 18.1 Å². The van der Waals surface area contributed by atoms with E-state index in [0.29, 0.717) is 16.7 Å². The van der Waals surface area contributed by atoms with Gasteiger partial charge in [0, 0.05) is 43.4 Å². The number of furan rings is 3. The van der Waals surface area contributed by atoms with Crippen molar-refractivity contribution in [2.75, 3.05) is 0 Å². The summed E-state index contributed by atoms with van der Waals surface area (Å²) in [6.07, 6.45) is 0. The van der Waals surface area contributed by atoms with Crippen LogP contribution in [0.25, 0.3) is 264 Å². The average molecular weight is 1710 g/mol. The van der Waals surface area contributed by atoms with E-state index in [9.17, 15) is 0 Å². The zero-order valence-electron chi connectivity index (χ0n) is 86.4. The Hall–Kier alpha value is -17.5. The van der Waals surface area contributed by atoms with Gasteiger partial charge in [-0.25, -0.2) is 0 Å². The van der Waals surface area contributed by atoms with Crippen LogP contribution in [-0.4, -0.2) is 0 Å². The molecule has 0 aliphatic heterocycles. The van der Waals surface area contributed by atoms with Crippen LogP contribution in [0.15, 0.2) is 510 Å². The minimum Gasteiger partial charge on any atom is -0.456 e. The van der Waals surface area contributed by atoms with E-state index in [0.717, 1.165) is 219 Å². The molecular weight excluding hydrogens is 1610 g/mol. The summed E-state index contributed by atoms with van der Waals surface area (Å²) in [5, 5.41) is 19.3. The Morgan fingerprint density at radius 2 is 0.398 bits per heavy atom. The Labute approximate surface area is 790 Å². The van der Waals surface area contributed by atoms with E-state index in [1.54, 1.807) is 0 Å². The molecule has 0 saturated heterocycles. The smallest absolute Gasteiger partial charge is 0.136 e. The first kappa shape index (κ1) is 63.4. The van der Waals surface area contributed by atoms with Crippen LogP contribution < -0.4 is 0 Å². The van der Waals surface area contributed by atoms with Gasteiger partial charge in [-0.2, -0.15) is 0 Å². The van der Waals surface area contributed by atoms with E-state index in [2.05, 4.69) is 218 Å². The Morgan fingerprint density at radius 1 is 0.135 bits per heavy atom. The molecule has 0 fully saturated rings. The summed E-state index contributed by atoms with van der Waals surface area (Å²) >= 11 is 0. The van der Waals surface area contributed by atoms with Crippen molar-refractivity contribution < 1.29 is 33.8 Å². The largest absolute Gasteiger partial charge is 0.456 e. The van der Waals surface area contributed by atoms with Crippen molar-refractivity contribution in [1.29, 1.82) is 0 Å². The Bertz CT molecular complexity index is 10000. The highest BCUT2D eigenvalue weighted by atomic mass is 16.3. The summed E-state index contributed by atoms with van der Waals surface area (Å²) in [5.74, 6) is 0. The standard InChI is InChI=1S/C48H30O.C44H28O.C38H24O/c1-2-14-33(15-3-1)45-38-18-6-8-20-40(38)46(41-21-9-7-19-39(41)45)34-27-25-32(26-28-34)36-29-30-44-48(42-22-10-11-24-43(42)49-44)47(36)37-23-12-16-31-13-4-5-17-35(31)37;1-3-14-29(15-4-1)33-26-27-40-44(38-24-11-12-25-39(38)45-40)43(33)32-19-13-18-31(28-32)42-36-22-9-7-20-34(36)41(30-16-5-2-6-17-30)35-21-8-10-23-37(35)42;1-2-12-25(13-3-1)36-29-16-4-6-18-31(29)37(32-19-7-5-17-30(32)36)27-15-10-14-26(24-27)28-21-11-23-35-38(28)33-20-8-9-22-34(33)39-35/h1-30H;1-28H;1-24H/i1D,2D,3D,14D,15D;2D,5D,6D,16D,17D;1D,2D,3D,12D,13D. The van der Waals surface area contributed by atoms with Gasteiger partial charge >= 0.3 is 0 Å². The van der Waals surface area contributed by atoms with Gasteiger partial charge < -0.3 is 13.3 Å². The van der Waals surface area contributed by atoms with Gasteiger partial charge in [-0.1, -0.05) is 449 Å². The quantitative estimate of drug-likeness (QED) is 0.121. The first-order valence-electron chi connectivity index (χ1n) is 51.9. The number of benzene rings is 24. The Kier molecular flexibility index (Phi) is 15.7. The first-order valence-corrected chi connectivity index (χ1v) is 44.4. The molecule has 0 aliphatic carbocycles. The molecule has 133 heavy (non-hydrogen) atoms. The van der Waals surface area contributed by atoms with E-state index >= 15 is 0 Å². The molecule has 0 amide bonds. The van der Waals surface area contributed by atoms with Gasteiger partial charge in [-0.3, -0.25) is 0 Å².